The molecule has 1 amide bonds. The Labute approximate surface area is 152 Å². The van der Waals surface area contributed by atoms with E-state index in [1.54, 1.807) is 24.9 Å². The summed E-state index contributed by atoms with van der Waals surface area (Å²) in [5, 5.41) is 11.8. The lowest BCUT2D eigenvalue weighted by Gasteiger charge is -2.14. The summed E-state index contributed by atoms with van der Waals surface area (Å²) in [5.41, 5.74) is 0.431. The molecule has 8 nitrogen and oxygen atoms in total. The van der Waals surface area contributed by atoms with Gasteiger partial charge in [0.1, 0.15) is 5.82 Å². The average Bonchev–Trinajstić information content (AvgIpc) is 3.05. The Hall–Kier alpha value is -2.38. The van der Waals surface area contributed by atoms with Crippen molar-refractivity contribution in [2.24, 2.45) is 18.9 Å². The number of nitrogens with zero attached hydrogens (tertiary/aromatic N) is 5. The van der Waals surface area contributed by atoms with E-state index >= 15 is 0 Å². The summed E-state index contributed by atoms with van der Waals surface area (Å²) in [4.78, 5) is 19.6. The van der Waals surface area contributed by atoms with E-state index in [-0.39, 0.29) is 11.8 Å². The molecular formula is C18H26N6O2. The summed E-state index contributed by atoms with van der Waals surface area (Å²) in [7, 11) is 3.36. The first-order valence-corrected chi connectivity index (χ1v) is 9.27. The van der Waals surface area contributed by atoms with Gasteiger partial charge in [0.05, 0.1) is 7.11 Å². The molecule has 0 radical (unpaired) electrons. The van der Waals surface area contributed by atoms with E-state index in [1.165, 1.54) is 12.8 Å². The van der Waals surface area contributed by atoms with Gasteiger partial charge in [-0.1, -0.05) is 13.8 Å². The second-order valence-electron chi connectivity index (χ2n) is 7.75. The Bertz CT molecular complexity index is 806. The van der Waals surface area contributed by atoms with Crippen LogP contribution in [0.2, 0.25) is 0 Å². The summed E-state index contributed by atoms with van der Waals surface area (Å²) < 4.78 is 6.82. The summed E-state index contributed by atoms with van der Waals surface area (Å²) in [5.74, 6) is 3.94. The van der Waals surface area contributed by atoms with E-state index in [2.05, 4.69) is 29.1 Å². The second-order valence-corrected chi connectivity index (χ2v) is 7.75. The topological polar surface area (TPSA) is 88.9 Å². The molecule has 0 unspecified atom stereocenters. The molecule has 3 heterocycles. The molecule has 4 rings (SSSR count). The largest absolute Gasteiger partial charge is 0.481 e. The summed E-state index contributed by atoms with van der Waals surface area (Å²) in [6.07, 6.45) is 2.48. The molecule has 2 atom stereocenters. The van der Waals surface area contributed by atoms with Crippen LogP contribution < -0.4 is 4.74 Å². The minimum atomic E-state index is -0.0411. The molecule has 1 aliphatic carbocycles. The van der Waals surface area contributed by atoms with E-state index in [0.717, 1.165) is 18.2 Å². The Morgan fingerprint density at radius 3 is 2.69 bits per heavy atom. The van der Waals surface area contributed by atoms with Gasteiger partial charge < -0.3 is 9.64 Å². The van der Waals surface area contributed by atoms with E-state index in [1.807, 2.05) is 4.90 Å². The number of aryl methyl sites for hydroxylation is 1. The zero-order valence-electron chi connectivity index (χ0n) is 15.8. The number of H-pyrrole nitrogens is 1. The molecule has 26 heavy (non-hydrogen) atoms. The molecule has 0 aromatic carbocycles. The highest BCUT2D eigenvalue weighted by Crippen LogP contribution is 2.47. The molecule has 0 spiro atoms. The van der Waals surface area contributed by atoms with Crippen LogP contribution in [-0.2, 0) is 7.05 Å². The van der Waals surface area contributed by atoms with Gasteiger partial charge in [0, 0.05) is 38.0 Å². The minimum Gasteiger partial charge on any atom is -0.481 e. The highest BCUT2D eigenvalue weighted by Gasteiger charge is 2.46. The normalized spacial score (nSPS) is 23.0. The lowest BCUT2D eigenvalue weighted by atomic mass is 9.91. The molecule has 2 aromatic rings. The molecular weight excluding hydrogens is 332 g/mol. The number of hydrogen-bond donors (Lipinski definition) is 1. The number of aromatic nitrogens is 5. The summed E-state index contributed by atoms with van der Waals surface area (Å²) in [6.45, 7) is 5.59. The number of carbonyl (C=O) groups is 1. The van der Waals surface area contributed by atoms with Crippen LogP contribution in [0, 0.1) is 11.8 Å². The highest BCUT2D eigenvalue weighted by molar-refractivity contribution is 5.93. The SMILES string of the molecule is COc1cc(C(=O)N2C[C@H](c3nc(C(C)C)n[nH]3)[C@@H](C3CC3)C2)nn1C. The van der Waals surface area contributed by atoms with Crippen LogP contribution in [0.4, 0.5) is 0 Å². The quantitative estimate of drug-likeness (QED) is 0.882. The van der Waals surface area contributed by atoms with Crippen molar-refractivity contribution in [1.82, 2.24) is 29.9 Å². The molecule has 140 valence electrons. The van der Waals surface area contributed by atoms with Gasteiger partial charge in [-0.3, -0.25) is 9.89 Å². The molecule has 2 fully saturated rings. The third-order valence-electron chi connectivity index (χ3n) is 5.53. The first-order chi connectivity index (χ1) is 12.5. The fourth-order valence-corrected chi connectivity index (χ4v) is 3.91. The van der Waals surface area contributed by atoms with Gasteiger partial charge in [-0.05, 0) is 24.7 Å². The molecule has 1 saturated carbocycles. The minimum absolute atomic E-state index is 0.0411. The Balaban J connectivity index is 1.56. The Morgan fingerprint density at radius 1 is 1.35 bits per heavy atom. The third kappa shape index (κ3) is 2.97. The van der Waals surface area contributed by atoms with E-state index in [4.69, 9.17) is 9.72 Å². The van der Waals surface area contributed by atoms with Crippen molar-refractivity contribution in [2.75, 3.05) is 20.2 Å². The number of carbonyl (C=O) groups excluding carboxylic acids is 1. The van der Waals surface area contributed by atoms with Crippen molar-refractivity contribution in [2.45, 2.75) is 38.5 Å². The molecule has 2 aromatic heterocycles. The number of amides is 1. The van der Waals surface area contributed by atoms with Crippen LogP contribution in [0.25, 0.3) is 0 Å². The maximum absolute atomic E-state index is 13.0. The standard InChI is InChI=1S/C18H26N6O2/c1-10(2)16-19-17(21-20-16)13-9-24(8-12(13)11-5-6-11)18(25)14-7-15(26-4)23(3)22-14/h7,10-13H,5-6,8-9H2,1-4H3,(H,19,20,21)/t12-,13+/m1/s1. The van der Waals surface area contributed by atoms with E-state index < -0.39 is 0 Å². The fraction of sp³-hybridized carbons (Fsp3) is 0.667. The third-order valence-corrected chi connectivity index (χ3v) is 5.53. The average molecular weight is 358 g/mol. The first kappa shape index (κ1) is 17.1. The first-order valence-electron chi connectivity index (χ1n) is 9.27. The number of methoxy groups -OCH3 is 1. The molecule has 1 aliphatic heterocycles. The van der Waals surface area contributed by atoms with Crippen LogP contribution in [-0.4, -0.2) is 56.0 Å². The lowest BCUT2D eigenvalue weighted by Crippen LogP contribution is -2.29. The number of rotatable bonds is 5. The van der Waals surface area contributed by atoms with Gasteiger partial charge in [0.2, 0.25) is 5.88 Å². The summed E-state index contributed by atoms with van der Waals surface area (Å²) >= 11 is 0. The van der Waals surface area contributed by atoms with Crippen molar-refractivity contribution < 1.29 is 9.53 Å². The van der Waals surface area contributed by atoms with Crippen molar-refractivity contribution >= 4 is 5.91 Å². The van der Waals surface area contributed by atoms with Crippen LogP contribution in [0.3, 0.4) is 0 Å². The number of nitrogens with one attached hydrogen (secondary N) is 1. The summed E-state index contributed by atoms with van der Waals surface area (Å²) in [6, 6.07) is 1.70. The number of hydrogen-bond acceptors (Lipinski definition) is 5. The van der Waals surface area contributed by atoms with Gasteiger partial charge >= 0.3 is 0 Å². The van der Waals surface area contributed by atoms with E-state index in [9.17, 15) is 4.79 Å². The molecule has 0 bridgehead atoms. The number of aromatic amines is 1. The van der Waals surface area contributed by atoms with Gasteiger partial charge in [0.15, 0.2) is 11.5 Å². The molecule has 8 heteroatoms. The van der Waals surface area contributed by atoms with Crippen LogP contribution in [0.5, 0.6) is 5.88 Å². The predicted molar refractivity (Wildman–Crippen MR) is 95.1 cm³/mol. The van der Waals surface area contributed by atoms with Crippen molar-refractivity contribution in [1.29, 1.82) is 0 Å². The van der Waals surface area contributed by atoms with Gasteiger partial charge in [-0.2, -0.15) is 10.2 Å². The van der Waals surface area contributed by atoms with Crippen molar-refractivity contribution in [3.8, 4) is 5.88 Å². The molecule has 1 saturated heterocycles. The van der Waals surface area contributed by atoms with Crippen molar-refractivity contribution in [3.63, 3.8) is 0 Å². The lowest BCUT2D eigenvalue weighted by molar-refractivity contribution is 0.0778. The van der Waals surface area contributed by atoms with Gasteiger partial charge in [-0.15, -0.1) is 0 Å². The van der Waals surface area contributed by atoms with Crippen molar-refractivity contribution in [3.05, 3.63) is 23.4 Å². The van der Waals surface area contributed by atoms with Gasteiger partial charge in [-0.25, -0.2) is 9.67 Å². The molecule has 2 aliphatic rings. The zero-order chi connectivity index (χ0) is 18.4. The number of ether oxygens (including phenoxy) is 1. The van der Waals surface area contributed by atoms with Crippen LogP contribution >= 0.6 is 0 Å². The maximum atomic E-state index is 13.0. The van der Waals surface area contributed by atoms with Gasteiger partial charge in [0.25, 0.3) is 5.91 Å². The monoisotopic (exact) mass is 358 g/mol. The second kappa shape index (κ2) is 6.41. The Kier molecular flexibility index (Phi) is 4.20. The van der Waals surface area contributed by atoms with E-state index in [0.29, 0.717) is 35.9 Å². The maximum Gasteiger partial charge on any atom is 0.274 e. The van der Waals surface area contributed by atoms with Crippen LogP contribution in [0.15, 0.2) is 6.07 Å². The zero-order valence-corrected chi connectivity index (χ0v) is 15.8. The highest BCUT2D eigenvalue weighted by atomic mass is 16.5. The smallest absolute Gasteiger partial charge is 0.274 e. The predicted octanol–water partition coefficient (Wildman–Crippen LogP) is 1.94. The fourth-order valence-electron chi connectivity index (χ4n) is 3.91. The number of likely N-dealkylation sites (tertiary alicyclic amines) is 1. The van der Waals surface area contributed by atoms with Crippen LogP contribution in [0.1, 0.15) is 60.7 Å². The Morgan fingerprint density at radius 2 is 2.12 bits per heavy atom. The molecule has 1 N–H and O–H groups in total.